The van der Waals surface area contributed by atoms with Gasteiger partial charge in [-0.1, -0.05) is 36.4 Å². The number of carbonyl (C=O) groups excluding carboxylic acids is 2. The fourth-order valence-corrected chi connectivity index (χ4v) is 3.75. The summed E-state index contributed by atoms with van der Waals surface area (Å²) in [6.45, 7) is 0. The first-order valence-corrected chi connectivity index (χ1v) is 8.11. The second kappa shape index (κ2) is 5.64. The second-order valence-corrected chi connectivity index (χ2v) is 6.15. The lowest BCUT2D eigenvalue weighted by atomic mass is 9.85. The number of nitrogens with zero attached hydrogens (tertiary/aromatic N) is 1. The minimum Gasteiger partial charge on any atom is -0.549 e. The molecule has 0 bridgehead atoms. The Morgan fingerprint density at radius 1 is 1.00 bits per heavy atom. The third-order valence-electron chi connectivity index (χ3n) is 4.78. The number of para-hydroxylation sites is 1. The molecule has 1 aliphatic carbocycles. The molecule has 2 aromatic carbocycles. The Labute approximate surface area is 139 Å². The summed E-state index contributed by atoms with van der Waals surface area (Å²) in [7, 11) is 0. The van der Waals surface area contributed by atoms with Gasteiger partial charge in [0, 0.05) is 28.5 Å². The molecular formula is C20H16NO3-. The third kappa shape index (κ3) is 2.14. The van der Waals surface area contributed by atoms with Crippen molar-refractivity contribution >= 4 is 22.8 Å². The van der Waals surface area contributed by atoms with E-state index in [1.54, 1.807) is 16.7 Å². The molecule has 0 radical (unpaired) electrons. The van der Waals surface area contributed by atoms with Crippen LogP contribution in [0.4, 0.5) is 0 Å². The highest BCUT2D eigenvalue weighted by atomic mass is 16.4. The average Bonchev–Trinajstić information content (AvgIpc) is 2.96. The van der Waals surface area contributed by atoms with E-state index in [4.69, 9.17) is 0 Å². The van der Waals surface area contributed by atoms with E-state index in [0.717, 1.165) is 28.6 Å². The van der Waals surface area contributed by atoms with E-state index < -0.39 is 11.9 Å². The molecule has 4 nitrogen and oxygen atoms in total. The molecule has 0 saturated carbocycles. The SMILES string of the molecule is O=C([O-])C1CCCc2c1c1ccccc1n2C(=O)c1ccccc1. The van der Waals surface area contributed by atoms with Crippen LogP contribution in [0.2, 0.25) is 0 Å². The first-order valence-electron chi connectivity index (χ1n) is 8.11. The molecule has 120 valence electrons. The highest BCUT2D eigenvalue weighted by Crippen LogP contribution is 2.39. The molecule has 1 heterocycles. The van der Waals surface area contributed by atoms with Gasteiger partial charge in [-0.3, -0.25) is 9.36 Å². The molecular weight excluding hydrogens is 302 g/mol. The minimum atomic E-state index is -1.06. The number of carboxylic acids is 1. The van der Waals surface area contributed by atoms with E-state index in [2.05, 4.69) is 0 Å². The molecule has 0 spiro atoms. The average molecular weight is 318 g/mol. The molecule has 3 aromatic rings. The number of carbonyl (C=O) groups is 2. The van der Waals surface area contributed by atoms with Gasteiger partial charge in [-0.05, 0) is 43.0 Å². The zero-order valence-electron chi connectivity index (χ0n) is 13.1. The van der Waals surface area contributed by atoms with Crippen molar-refractivity contribution in [2.75, 3.05) is 0 Å². The normalized spacial score (nSPS) is 16.8. The predicted molar refractivity (Wildman–Crippen MR) is 88.8 cm³/mol. The molecule has 24 heavy (non-hydrogen) atoms. The van der Waals surface area contributed by atoms with Crippen molar-refractivity contribution in [1.82, 2.24) is 4.57 Å². The van der Waals surface area contributed by atoms with Crippen LogP contribution in [0.15, 0.2) is 54.6 Å². The van der Waals surface area contributed by atoms with Gasteiger partial charge < -0.3 is 9.90 Å². The fourth-order valence-electron chi connectivity index (χ4n) is 3.75. The Balaban J connectivity index is 2.00. The van der Waals surface area contributed by atoms with Gasteiger partial charge in [0.15, 0.2) is 0 Å². The molecule has 0 amide bonds. The molecule has 0 N–H and O–H groups in total. The summed E-state index contributed by atoms with van der Waals surface area (Å²) in [5, 5.41) is 12.4. The quantitative estimate of drug-likeness (QED) is 0.729. The van der Waals surface area contributed by atoms with Crippen LogP contribution < -0.4 is 5.11 Å². The maximum absolute atomic E-state index is 13.1. The van der Waals surface area contributed by atoms with Crippen molar-refractivity contribution < 1.29 is 14.7 Å². The smallest absolute Gasteiger partial charge is 0.262 e. The van der Waals surface area contributed by atoms with Crippen LogP contribution in [0.3, 0.4) is 0 Å². The number of aliphatic carboxylic acids is 1. The van der Waals surface area contributed by atoms with Crippen molar-refractivity contribution in [3.63, 3.8) is 0 Å². The first kappa shape index (κ1) is 14.7. The van der Waals surface area contributed by atoms with Crippen molar-refractivity contribution in [3.05, 3.63) is 71.4 Å². The third-order valence-corrected chi connectivity index (χ3v) is 4.78. The summed E-state index contributed by atoms with van der Waals surface area (Å²) >= 11 is 0. The van der Waals surface area contributed by atoms with Crippen LogP contribution in [-0.4, -0.2) is 16.4 Å². The summed E-state index contributed by atoms with van der Waals surface area (Å²) in [4.78, 5) is 24.7. The Kier molecular flexibility index (Phi) is 3.45. The maximum atomic E-state index is 13.1. The predicted octanol–water partition coefficient (Wildman–Crippen LogP) is 2.50. The Hall–Kier alpha value is -2.88. The van der Waals surface area contributed by atoms with Crippen LogP contribution in [0.25, 0.3) is 10.9 Å². The Morgan fingerprint density at radius 2 is 1.71 bits per heavy atom. The lowest BCUT2D eigenvalue weighted by molar-refractivity contribution is -0.308. The van der Waals surface area contributed by atoms with Gasteiger partial charge in [0.05, 0.1) is 5.52 Å². The summed E-state index contributed by atoms with van der Waals surface area (Å²) in [6, 6.07) is 16.6. The number of rotatable bonds is 2. The van der Waals surface area contributed by atoms with Gasteiger partial charge in [0.1, 0.15) is 0 Å². The molecule has 4 heteroatoms. The molecule has 1 aliphatic rings. The molecule has 1 unspecified atom stereocenters. The minimum absolute atomic E-state index is 0.118. The Morgan fingerprint density at radius 3 is 2.46 bits per heavy atom. The molecule has 4 rings (SSSR count). The zero-order chi connectivity index (χ0) is 16.7. The van der Waals surface area contributed by atoms with Crippen LogP contribution >= 0.6 is 0 Å². The topological polar surface area (TPSA) is 62.1 Å². The van der Waals surface area contributed by atoms with Crippen LogP contribution in [0.1, 0.15) is 40.4 Å². The van der Waals surface area contributed by atoms with E-state index in [0.29, 0.717) is 18.4 Å². The number of hydrogen-bond acceptors (Lipinski definition) is 3. The maximum Gasteiger partial charge on any atom is 0.262 e. The van der Waals surface area contributed by atoms with E-state index in [9.17, 15) is 14.7 Å². The molecule has 0 aliphatic heterocycles. The standard InChI is InChI=1S/C20H17NO3/c22-19(13-7-2-1-3-8-13)21-16-11-5-4-9-14(16)18-15(20(23)24)10-6-12-17(18)21/h1-5,7-9,11,15H,6,10,12H2,(H,23,24)/p-1. The molecule has 0 fully saturated rings. The van der Waals surface area contributed by atoms with Crippen molar-refractivity contribution in [2.24, 2.45) is 0 Å². The molecule has 1 aromatic heterocycles. The van der Waals surface area contributed by atoms with E-state index >= 15 is 0 Å². The van der Waals surface area contributed by atoms with Gasteiger partial charge in [-0.2, -0.15) is 0 Å². The highest BCUT2D eigenvalue weighted by Gasteiger charge is 2.30. The largest absolute Gasteiger partial charge is 0.549 e. The van der Waals surface area contributed by atoms with Crippen LogP contribution in [0.5, 0.6) is 0 Å². The number of hydrogen-bond donors (Lipinski definition) is 0. The van der Waals surface area contributed by atoms with Gasteiger partial charge in [-0.25, -0.2) is 0 Å². The number of carboxylic acid groups (broad SMARTS) is 1. The number of benzene rings is 2. The molecule has 0 saturated heterocycles. The van der Waals surface area contributed by atoms with Crippen molar-refractivity contribution in [1.29, 1.82) is 0 Å². The van der Waals surface area contributed by atoms with E-state index in [1.165, 1.54) is 0 Å². The van der Waals surface area contributed by atoms with Crippen molar-refractivity contribution in [2.45, 2.75) is 25.2 Å². The summed E-state index contributed by atoms with van der Waals surface area (Å²) in [6.07, 6.45) is 2.00. The van der Waals surface area contributed by atoms with Crippen LogP contribution in [-0.2, 0) is 11.2 Å². The molecule has 1 atom stereocenters. The zero-order valence-corrected chi connectivity index (χ0v) is 13.1. The summed E-state index contributed by atoms with van der Waals surface area (Å²) in [5.41, 5.74) is 2.92. The first-order chi connectivity index (χ1) is 11.7. The van der Waals surface area contributed by atoms with Crippen LogP contribution in [0, 0.1) is 0 Å². The monoisotopic (exact) mass is 318 g/mol. The lowest BCUT2D eigenvalue weighted by Crippen LogP contribution is -2.32. The number of aromatic nitrogens is 1. The van der Waals surface area contributed by atoms with Gasteiger partial charge in [0.2, 0.25) is 0 Å². The van der Waals surface area contributed by atoms with E-state index in [-0.39, 0.29) is 5.91 Å². The van der Waals surface area contributed by atoms with Gasteiger partial charge >= 0.3 is 0 Å². The fraction of sp³-hybridized carbons (Fsp3) is 0.200. The lowest BCUT2D eigenvalue weighted by Gasteiger charge is -2.25. The van der Waals surface area contributed by atoms with Gasteiger partial charge in [0.25, 0.3) is 5.91 Å². The van der Waals surface area contributed by atoms with Crippen molar-refractivity contribution in [3.8, 4) is 0 Å². The van der Waals surface area contributed by atoms with E-state index in [1.807, 2.05) is 42.5 Å². The summed E-state index contributed by atoms with van der Waals surface area (Å²) < 4.78 is 1.69. The summed E-state index contributed by atoms with van der Waals surface area (Å²) in [5.74, 6) is -1.83. The highest BCUT2D eigenvalue weighted by molar-refractivity contribution is 6.05. The second-order valence-electron chi connectivity index (χ2n) is 6.15. The Bertz CT molecular complexity index is 940. The van der Waals surface area contributed by atoms with Gasteiger partial charge in [-0.15, -0.1) is 0 Å². The number of fused-ring (bicyclic) bond motifs is 3.